The van der Waals surface area contributed by atoms with Gasteiger partial charge in [0.25, 0.3) is 0 Å². The van der Waals surface area contributed by atoms with Gasteiger partial charge in [-0.2, -0.15) is 0 Å². The maximum Gasteiger partial charge on any atom is 0.231 e. The highest BCUT2D eigenvalue weighted by Gasteiger charge is 2.43. The average molecular weight is 439 g/mol. The van der Waals surface area contributed by atoms with Crippen LogP contribution in [0.2, 0.25) is 0 Å². The van der Waals surface area contributed by atoms with Gasteiger partial charge in [-0.1, -0.05) is 36.4 Å². The second kappa shape index (κ2) is 8.82. The lowest BCUT2D eigenvalue weighted by Crippen LogP contribution is -2.40. The Balaban J connectivity index is 1.58. The van der Waals surface area contributed by atoms with Crippen molar-refractivity contribution in [3.8, 4) is 0 Å². The van der Waals surface area contributed by atoms with Crippen molar-refractivity contribution in [2.24, 2.45) is 5.92 Å². The van der Waals surface area contributed by atoms with E-state index >= 15 is 0 Å². The molecule has 3 aromatic rings. The average Bonchev–Trinajstić information content (AvgIpc) is 3.36. The second-order valence-corrected chi connectivity index (χ2v) is 9.31. The van der Waals surface area contributed by atoms with E-state index in [0.717, 1.165) is 11.6 Å². The number of anilines is 1. The number of carbonyl (C=O) groups excluding carboxylic acids is 1. The molecule has 5 nitrogen and oxygen atoms in total. The third-order valence-corrected chi connectivity index (χ3v) is 6.11. The van der Waals surface area contributed by atoms with Crippen molar-refractivity contribution in [2.45, 2.75) is 38.8 Å². The number of rotatable bonds is 5. The minimum atomic E-state index is -0.624. The molecular formula is C25H28F2N4O. The van der Waals surface area contributed by atoms with E-state index in [4.69, 9.17) is 0 Å². The van der Waals surface area contributed by atoms with Crippen LogP contribution in [0.15, 0.2) is 60.9 Å². The molecule has 168 valence electrons. The molecule has 4 rings (SSSR count). The summed E-state index contributed by atoms with van der Waals surface area (Å²) in [6, 6.07) is 13.5. The Labute approximate surface area is 187 Å². The van der Waals surface area contributed by atoms with Crippen LogP contribution in [0, 0.1) is 17.6 Å². The second-order valence-electron chi connectivity index (χ2n) is 9.31. The van der Waals surface area contributed by atoms with E-state index in [-0.39, 0.29) is 17.4 Å². The van der Waals surface area contributed by atoms with Crippen LogP contribution in [0.25, 0.3) is 0 Å². The number of nitrogens with zero attached hydrogens (tertiary/aromatic N) is 3. The van der Waals surface area contributed by atoms with Crippen molar-refractivity contribution in [2.75, 3.05) is 18.4 Å². The number of hydrogen-bond donors (Lipinski definition) is 1. The van der Waals surface area contributed by atoms with Crippen LogP contribution in [0.5, 0.6) is 0 Å². The first-order valence-corrected chi connectivity index (χ1v) is 10.8. The van der Waals surface area contributed by atoms with E-state index in [1.807, 2.05) is 41.1 Å². The van der Waals surface area contributed by atoms with Crippen LogP contribution < -0.4 is 5.32 Å². The van der Waals surface area contributed by atoms with Crippen molar-refractivity contribution in [3.05, 3.63) is 83.7 Å². The van der Waals surface area contributed by atoms with Gasteiger partial charge in [-0.25, -0.2) is 13.8 Å². The summed E-state index contributed by atoms with van der Waals surface area (Å²) in [5.74, 6) is -1.88. The third kappa shape index (κ3) is 4.72. The lowest BCUT2D eigenvalue weighted by atomic mass is 9.88. The molecule has 32 heavy (non-hydrogen) atoms. The van der Waals surface area contributed by atoms with Crippen molar-refractivity contribution in [1.82, 2.24) is 14.5 Å². The first-order valence-electron chi connectivity index (χ1n) is 10.8. The van der Waals surface area contributed by atoms with Crippen molar-refractivity contribution in [1.29, 1.82) is 0 Å². The Morgan fingerprint density at radius 3 is 2.56 bits per heavy atom. The quantitative estimate of drug-likeness (QED) is 0.630. The highest BCUT2D eigenvalue weighted by atomic mass is 19.1. The fraction of sp³-hybridized carbons (Fsp3) is 0.360. The van der Waals surface area contributed by atoms with Gasteiger partial charge in [0.05, 0.1) is 12.5 Å². The monoisotopic (exact) mass is 438 g/mol. The SMILES string of the molecule is CC(C)(C)N1C[C@@H](C(=O)Nc2nccn2Cc2ccccc2)[C@H](c2ccc(F)cc2F)C1. The number of benzene rings is 2. The summed E-state index contributed by atoms with van der Waals surface area (Å²) in [4.78, 5) is 19.8. The fourth-order valence-electron chi connectivity index (χ4n) is 4.28. The summed E-state index contributed by atoms with van der Waals surface area (Å²) in [5, 5.41) is 2.95. The molecule has 1 N–H and O–H groups in total. The molecule has 0 aliphatic carbocycles. The number of hydrogen-bond acceptors (Lipinski definition) is 3. The van der Waals surface area contributed by atoms with Crippen molar-refractivity contribution < 1.29 is 13.6 Å². The number of aromatic nitrogens is 2. The first kappa shape index (κ1) is 22.1. The summed E-state index contributed by atoms with van der Waals surface area (Å²) >= 11 is 0. The zero-order chi connectivity index (χ0) is 22.9. The van der Waals surface area contributed by atoms with Crippen molar-refractivity contribution >= 4 is 11.9 Å². The molecule has 1 aromatic heterocycles. The third-order valence-electron chi connectivity index (χ3n) is 6.11. The Hall–Kier alpha value is -3.06. The number of halogens is 2. The van der Waals surface area contributed by atoms with Crippen LogP contribution in [-0.2, 0) is 11.3 Å². The van der Waals surface area contributed by atoms with Gasteiger partial charge < -0.3 is 4.57 Å². The van der Waals surface area contributed by atoms with E-state index in [0.29, 0.717) is 31.1 Å². The van der Waals surface area contributed by atoms with E-state index in [1.54, 1.807) is 6.20 Å². The highest BCUT2D eigenvalue weighted by Crippen LogP contribution is 2.38. The molecule has 1 aliphatic heterocycles. The topological polar surface area (TPSA) is 50.2 Å². The lowest BCUT2D eigenvalue weighted by molar-refractivity contribution is -0.120. The Morgan fingerprint density at radius 2 is 1.88 bits per heavy atom. The fourth-order valence-corrected chi connectivity index (χ4v) is 4.28. The molecule has 0 spiro atoms. The number of amides is 1. The molecule has 7 heteroatoms. The van der Waals surface area contributed by atoms with Crippen LogP contribution in [0.3, 0.4) is 0 Å². The minimum absolute atomic E-state index is 0.185. The van der Waals surface area contributed by atoms with Gasteiger partial charge in [-0.15, -0.1) is 0 Å². The molecular weight excluding hydrogens is 410 g/mol. The van der Waals surface area contributed by atoms with Crippen LogP contribution in [0.4, 0.5) is 14.7 Å². The van der Waals surface area contributed by atoms with E-state index in [2.05, 4.69) is 36.0 Å². The van der Waals surface area contributed by atoms with Gasteiger partial charge in [-0.3, -0.25) is 15.0 Å². The van der Waals surface area contributed by atoms with Gasteiger partial charge in [-0.05, 0) is 38.0 Å². The molecule has 1 amide bonds. The van der Waals surface area contributed by atoms with Crippen LogP contribution in [0.1, 0.15) is 37.8 Å². The van der Waals surface area contributed by atoms with Gasteiger partial charge in [0.1, 0.15) is 11.6 Å². The number of carbonyl (C=O) groups is 1. The number of nitrogens with one attached hydrogen (secondary N) is 1. The molecule has 1 fully saturated rings. The predicted octanol–water partition coefficient (Wildman–Crippen LogP) is 4.66. The molecule has 0 unspecified atom stereocenters. The van der Waals surface area contributed by atoms with Crippen LogP contribution >= 0.6 is 0 Å². The minimum Gasteiger partial charge on any atom is -0.313 e. The molecule has 1 aliphatic rings. The molecule has 0 radical (unpaired) electrons. The summed E-state index contributed by atoms with van der Waals surface area (Å²) < 4.78 is 30.0. The largest absolute Gasteiger partial charge is 0.313 e. The maximum atomic E-state index is 14.6. The Kier molecular flexibility index (Phi) is 6.11. The first-order chi connectivity index (χ1) is 15.2. The molecule has 2 atom stereocenters. The smallest absolute Gasteiger partial charge is 0.231 e. The normalized spacial score (nSPS) is 19.3. The van der Waals surface area contributed by atoms with Crippen molar-refractivity contribution in [3.63, 3.8) is 0 Å². The molecule has 0 saturated carbocycles. The van der Waals surface area contributed by atoms with E-state index in [1.165, 1.54) is 12.1 Å². The zero-order valence-electron chi connectivity index (χ0n) is 18.6. The predicted molar refractivity (Wildman–Crippen MR) is 120 cm³/mol. The standard InChI is InChI=1S/C25H28F2N4O/c1-25(2,3)31-15-20(19-10-9-18(26)13-22(19)27)21(16-31)23(32)29-24-28-11-12-30(24)14-17-7-5-4-6-8-17/h4-13,20-21H,14-16H2,1-3H3,(H,28,29,32)/t20-,21+/m0/s1. The molecule has 2 aromatic carbocycles. The molecule has 0 bridgehead atoms. The van der Waals surface area contributed by atoms with E-state index < -0.39 is 17.6 Å². The van der Waals surface area contributed by atoms with Gasteiger partial charge in [0.15, 0.2) is 0 Å². The number of imidazole rings is 1. The van der Waals surface area contributed by atoms with Gasteiger partial charge in [0.2, 0.25) is 11.9 Å². The molecule has 2 heterocycles. The summed E-state index contributed by atoms with van der Waals surface area (Å²) in [7, 11) is 0. The summed E-state index contributed by atoms with van der Waals surface area (Å²) in [6.07, 6.45) is 3.46. The highest BCUT2D eigenvalue weighted by molar-refractivity contribution is 5.92. The van der Waals surface area contributed by atoms with Crippen LogP contribution in [-0.4, -0.2) is 39.0 Å². The lowest BCUT2D eigenvalue weighted by Gasteiger charge is -2.31. The summed E-state index contributed by atoms with van der Waals surface area (Å²) in [5.41, 5.74) is 1.27. The van der Waals surface area contributed by atoms with E-state index in [9.17, 15) is 13.6 Å². The van der Waals surface area contributed by atoms with Gasteiger partial charge >= 0.3 is 0 Å². The number of likely N-dealkylation sites (tertiary alicyclic amines) is 1. The maximum absolute atomic E-state index is 14.6. The molecule has 1 saturated heterocycles. The Morgan fingerprint density at radius 1 is 1.12 bits per heavy atom. The zero-order valence-corrected chi connectivity index (χ0v) is 18.6. The van der Waals surface area contributed by atoms with Gasteiger partial charge in [0, 0.05) is 43.0 Å². The summed E-state index contributed by atoms with van der Waals surface area (Å²) in [6.45, 7) is 7.78. The Bertz CT molecular complexity index is 1090.